The zero-order valence-electron chi connectivity index (χ0n) is 9.64. The maximum atomic E-state index is 13.5. The van der Waals surface area contributed by atoms with Gasteiger partial charge >= 0.3 is 0 Å². The molecule has 17 heavy (non-hydrogen) atoms. The molecule has 0 amide bonds. The van der Waals surface area contributed by atoms with E-state index in [2.05, 4.69) is 15.5 Å². The number of halogens is 2. The van der Waals surface area contributed by atoms with Gasteiger partial charge in [-0.15, -0.1) is 0 Å². The molecule has 3 nitrogen and oxygen atoms in total. The molecule has 2 aromatic rings. The van der Waals surface area contributed by atoms with Gasteiger partial charge in [-0.3, -0.25) is 5.10 Å². The molecule has 0 saturated carbocycles. The Balaban J connectivity index is 2.14. The highest BCUT2D eigenvalue weighted by Crippen LogP contribution is 2.19. The van der Waals surface area contributed by atoms with Gasteiger partial charge in [-0.05, 0) is 25.5 Å². The van der Waals surface area contributed by atoms with Gasteiger partial charge in [0.25, 0.3) is 0 Å². The Bertz CT molecular complexity index is 535. The summed E-state index contributed by atoms with van der Waals surface area (Å²) in [5.74, 6) is -0.872. The van der Waals surface area contributed by atoms with Crippen LogP contribution in [-0.2, 0) is 6.54 Å². The predicted octanol–water partition coefficient (Wildman–Crippen LogP) is 2.92. The lowest BCUT2D eigenvalue weighted by molar-refractivity contribution is 0.594. The van der Waals surface area contributed by atoms with E-state index in [0.717, 1.165) is 11.3 Å². The molecule has 0 fully saturated rings. The number of hydrogen-bond acceptors (Lipinski definition) is 2. The molecule has 90 valence electrons. The standard InChI is InChI=1S/C12H13F2N3/c1-7-3-11(14)12(4-10(7)13)15-5-9-6-16-17-8(9)2/h3-4,6,15H,5H2,1-2H3,(H,16,17). The molecule has 0 saturated heterocycles. The summed E-state index contributed by atoms with van der Waals surface area (Å²) in [6.07, 6.45) is 1.66. The second-order valence-corrected chi connectivity index (χ2v) is 3.96. The maximum absolute atomic E-state index is 13.5. The third kappa shape index (κ3) is 2.43. The van der Waals surface area contributed by atoms with Gasteiger partial charge < -0.3 is 5.32 Å². The summed E-state index contributed by atoms with van der Waals surface area (Å²) >= 11 is 0. The number of nitrogens with zero attached hydrogens (tertiary/aromatic N) is 1. The van der Waals surface area contributed by atoms with Gasteiger partial charge in [0, 0.05) is 23.9 Å². The SMILES string of the molecule is Cc1cc(F)c(NCc2cn[nH]c2C)cc1F. The summed E-state index contributed by atoms with van der Waals surface area (Å²) in [5, 5.41) is 9.49. The van der Waals surface area contributed by atoms with Crippen molar-refractivity contribution in [2.75, 3.05) is 5.32 Å². The first-order valence-electron chi connectivity index (χ1n) is 5.26. The second kappa shape index (κ2) is 4.53. The van der Waals surface area contributed by atoms with E-state index in [-0.39, 0.29) is 5.69 Å². The average molecular weight is 237 g/mol. The first-order chi connectivity index (χ1) is 8.08. The highest BCUT2D eigenvalue weighted by molar-refractivity contribution is 5.47. The fraction of sp³-hybridized carbons (Fsp3) is 0.250. The largest absolute Gasteiger partial charge is 0.378 e. The molecule has 0 bridgehead atoms. The van der Waals surface area contributed by atoms with Crippen molar-refractivity contribution in [2.45, 2.75) is 20.4 Å². The molecule has 0 atom stereocenters. The molecule has 0 spiro atoms. The molecule has 1 heterocycles. The Morgan fingerprint density at radius 3 is 2.65 bits per heavy atom. The van der Waals surface area contributed by atoms with Crippen molar-refractivity contribution in [2.24, 2.45) is 0 Å². The summed E-state index contributed by atoms with van der Waals surface area (Å²) in [4.78, 5) is 0. The van der Waals surface area contributed by atoms with Crippen LogP contribution in [0, 0.1) is 25.5 Å². The number of benzene rings is 1. The molecular weight excluding hydrogens is 224 g/mol. The number of anilines is 1. The highest BCUT2D eigenvalue weighted by atomic mass is 19.1. The minimum Gasteiger partial charge on any atom is -0.378 e. The number of aryl methyl sites for hydroxylation is 2. The van der Waals surface area contributed by atoms with Crippen LogP contribution < -0.4 is 5.32 Å². The van der Waals surface area contributed by atoms with E-state index in [1.54, 1.807) is 6.20 Å². The number of rotatable bonds is 3. The Hall–Kier alpha value is -1.91. The van der Waals surface area contributed by atoms with Gasteiger partial charge in [-0.1, -0.05) is 0 Å². The molecule has 0 aliphatic heterocycles. The summed E-state index contributed by atoms with van der Waals surface area (Å²) < 4.78 is 26.8. The Morgan fingerprint density at radius 2 is 2.00 bits per heavy atom. The maximum Gasteiger partial charge on any atom is 0.146 e. The first-order valence-corrected chi connectivity index (χ1v) is 5.26. The second-order valence-electron chi connectivity index (χ2n) is 3.96. The summed E-state index contributed by atoms with van der Waals surface area (Å²) in [6, 6.07) is 2.35. The van der Waals surface area contributed by atoms with Crippen molar-refractivity contribution in [3.63, 3.8) is 0 Å². The molecule has 1 aromatic carbocycles. The topological polar surface area (TPSA) is 40.7 Å². The van der Waals surface area contributed by atoms with E-state index in [1.165, 1.54) is 19.1 Å². The predicted molar refractivity (Wildman–Crippen MR) is 61.7 cm³/mol. The minimum absolute atomic E-state index is 0.161. The Kier molecular flexibility index (Phi) is 3.08. The van der Waals surface area contributed by atoms with Crippen molar-refractivity contribution >= 4 is 5.69 Å². The van der Waals surface area contributed by atoms with Gasteiger partial charge in [0.1, 0.15) is 11.6 Å². The molecular formula is C12H13F2N3. The summed E-state index contributed by atoms with van der Waals surface area (Å²) in [5.41, 5.74) is 2.29. The lowest BCUT2D eigenvalue weighted by Gasteiger charge is -2.08. The van der Waals surface area contributed by atoms with Crippen LogP contribution in [0.3, 0.4) is 0 Å². The van der Waals surface area contributed by atoms with Gasteiger partial charge in [-0.2, -0.15) is 5.10 Å². The molecule has 0 radical (unpaired) electrons. The van der Waals surface area contributed by atoms with E-state index >= 15 is 0 Å². The molecule has 0 aliphatic rings. The van der Waals surface area contributed by atoms with Gasteiger partial charge in [0.05, 0.1) is 11.9 Å². The van der Waals surface area contributed by atoms with Crippen molar-refractivity contribution in [1.82, 2.24) is 10.2 Å². The number of nitrogens with one attached hydrogen (secondary N) is 2. The quantitative estimate of drug-likeness (QED) is 0.861. The van der Waals surface area contributed by atoms with E-state index < -0.39 is 11.6 Å². The molecule has 0 aliphatic carbocycles. The number of aromatic amines is 1. The van der Waals surface area contributed by atoms with Crippen LogP contribution >= 0.6 is 0 Å². The third-order valence-corrected chi connectivity index (χ3v) is 2.65. The van der Waals surface area contributed by atoms with Crippen molar-refractivity contribution in [3.8, 4) is 0 Å². The van der Waals surface area contributed by atoms with E-state index in [9.17, 15) is 8.78 Å². The van der Waals surface area contributed by atoms with Crippen molar-refractivity contribution in [1.29, 1.82) is 0 Å². The van der Waals surface area contributed by atoms with Crippen LogP contribution in [-0.4, -0.2) is 10.2 Å². The fourth-order valence-corrected chi connectivity index (χ4v) is 1.53. The lowest BCUT2D eigenvalue weighted by atomic mass is 10.2. The smallest absolute Gasteiger partial charge is 0.146 e. The van der Waals surface area contributed by atoms with Crippen LogP contribution in [0.5, 0.6) is 0 Å². The third-order valence-electron chi connectivity index (χ3n) is 2.65. The minimum atomic E-state index is -0.454. The zero-order chi connectivity index (χ0) is 12.4. The number of aromatic nitrogens is 2. The van der Waals surface area contributed by atoms with Crippen LogP contribution in [0.1, 0.15) is 16.8 Å². The summed E-state index contributed by atoms with van der Waals surface area (Å²) in [6.45, 7) is 3.81. The van der Waals surface area contributed by atoms with Crippen LogP contribution in [0.4, 0.5) is 14.5 Å². The van der Waals surface area contributed by atoms with Gasteiger partial charge in [0.2, 0.25) is 0 Å². The van der Waals surface area contributed by atoms with Crippen LogP contribution in [0.2, 0.25) is 0 Å². The molecule has 5 heteroatoms. The molecule has 2 N–H and O–H groups in total. The number of H-pyrrole nitrogens is 1. The van der Waals surface area contributed by atoms with Crippen LogP contribution in [0.15, 0.2) is 18.3 Å². The fourth-order valence-electron chi connectivity index (χ4n) is 1.53. The zero-order valence-corrected chi connectivity index (χ0v) is 9.64. The van der Waals surface area contributed by atoms with Gasteiger partial charge in [-0.25, -0.2) is 8.78 Å². The van der Waals surface area contributed by atoms with Gasteiger partial charge in [0.15, 0.2) is 0 Å². The molecule has 2 rings (SSSR count). The van der Waals surface area contributed by atoms with Crippen molar-refractivity contribution in [3.05, 3.63) is 46.8 Å². The lowest BCUT2D eigenvalue weighted by Crippen LogP contribution is -2.03. The Morgan fingerprint density at radius 1 is 1.24 bits per heavy atom. The van der Waals surface area contributed by atoms with E-state index in [1.807, 2.05) is 6.92 Å². The number of hydrogen-bond donors (Lipinski definition) is 2. The average Bonchev–Trinajstić information content (AvgIpc) is 2.68. The highest BCUT2D eigenvalue weighted by Gasteiger charge is 2.07. The Labute approximate surface area is 97.9 Å². The van der Waals surface area contributed by atoms with Crippen LogP contribution in [0.25, 0.3) is 0 Å². The normalized spacial score (nSPS) is 10.6. The van der Waals surface area contributed by atoms with Crippen molar-refractivity contribution < 1.29 is 8.78 Å². The monoisotopic (exact) mass is 237 g/mol. The first kappa shape index (κ1) is 11.6. The van der Waals surface area contributed by atoms with E-state index in [0.29, 0.717) is 12.1 Å². The molecule has 0 unspecified atom stereocenters. The molecule has 1 aromatic heterocycles. The summed E-state index contributed by atoms with van der Waals surface area (Å²) in [7, 11) is 0. The van der Waals surface area contributed by atoms with E-state index in [4.69, 9.17) is 0 Å².